The summed E-state index contributed by atoms with van der Waals surface area (Å²) in [6, 6.07) is 2.25. The van der Waals surface area contributed by atoms with E-state index in [9.17, 15) is 0 Å². The van der Waals surface area contributed by atoms with Crippen molar-refractivity contribution in [2.75, 3.05) is 0 Å². The van der Waals surface area contributed by atoms with E-state index in [-0.39, 0.29) is 0 Å². The summed E-state index contributed by atoms with van der Waals surface area (Å²) in [6.45, 7) is 8.17. The maximum Gasteiger partial charge on any atom is 0.0897 e. The van der Waals surface area contributed by atoms with Crippen molar-refractivity contribution in [1.29, 1.82) is 0 Å². The minimum absolute atomic E-state index is 0.902. The highest BCUT2D eigenvalue weighted by Crippen LogP contribution is 2.14. The quantitative estimate of drug-likeness (QED) is 0.903. The number of rotatable bonds is 4. The van der Waals surface area contributed by atoms with Gasteiger partial charge in [0.1, 0.15) is 0 Å². The molecule has 0 bridgehead atoms. The van der Waals surface area contributed by atoms with Gasteiger partial charge in [0, 0.05) is 42.6 Å². The van der Waals surface area contributed by atoms with Crippen LogP contribution < -0.4 is 5.32 Å². The maximum absolute atomic E-state index is 4.25. The van der Waals surface area contributed by atoms with Gasteiger partial charge < -0.3 is 9.88 Å². The van der Waals surface area contributed by atoms with Gasteiger partial charge in [0.05, 0.1) is 5.01 Å². The summed E-state index contributed by atoms with van der Waals surface area (Å²) in [7, 11) is 2.11. The number of thiazole rings is 1. The Hall–Kier alpha value is -1.13. The van der Waals surface area contributed by atoms with E-state index in [1.165, 1.54) is 21.8 Å². The molecule has 1 N–H and O–H groups in total. The van der Waals surface area contributed by atoms with Gasteiger partial charge in [-0.3, -0.25) is 0 Å². The van der Waals surface area contributed by atoms with Crippen molar-refractivity contribution in [2.45, 2.75) is 33.9 Å². The highest BCUT2D eigenvalue weighted by molar-refractivity contribution is 7.11. The van der Waals surface area contributed by atoms with Crippen molar-refractivity contribution in [3.8, 4) is 0 Å². The lowest BCUT2D eigenvalue weighted by Gasteiger charge is -2.04. The van der Waals surface area contributed by atoms with Crippen molar-refractivity contribution in [1.82, 2.24) is 14.9 Å². The summed E-state index contributed by atoms with van der Waals surface area (Å²) in [5, 5.41) is 4.60. The monoisotopic (exact) mass is 249 g/mol. The van der Waals surface area contributed by atoms with Crippen LogP contribution in [0.25, 0.3) is 0 Å². The lowest BCUT2D eigenvalue weighted by Crippen LogP contribution is -2.12. The van der Waals surface area contributed by atoms with Gasteiger partial charge in [-0.2, -0.15) is 0 Å². The fraction of sp³-hybridized carbons (Fsp3) is 0.462. The lowest BCUT2D eigenvalue weighted by molar-refractivity contribution is 0.693. The van der Waals surface area contributed by atoms with Crippen LogP contribution in [0.4, 0.5) is 0 Å². The van der Waals surface area contributed by atoms with E-state index in [0.29, 0.717) is 0 Å². The molecule has 0 spiro atoms. The minimum atomic E-state index is 0.902. The van der Waals surface area contributed by atoms with Crippen LogP contribution in [-0.4, -0.2) is 9.55 Å². The minimum Gasteiger partial charge on any atom is -0.352 e. The molecule has 2 aromatic heterocycles. The average Bonchev–Trinajstić information content (AvgIpc) is 2.80. The van der Waals surface area contributed by atoms with Crippen LogP contribution in [0, 0.1) is 20.8 Å². The van der Waals surface area contributed by atoms with Crippen LogP contribution in [0.15, 0.2) is 12.3 Å². The molecule has 0 fully saturated rings. The molecule has 0 unspecified atom stereocenters. The Balaban J connectivity index is 1.92. The van der Waals surface area contributed by atoms with Crippen LogP contribution in [0.2, 0.25) is 0 Å². The first kappa shape index (κ1) is 12.3. The van der Waals surface area contributed by atoms with E-state index in [1.807, 2.05) is 13.1 Å². The fourth-order valence-corrected chi connectivity index (χ4v) is 2.68. The third kappa shape index (κ3) is 2.76. The number of aromatic nitrogens is 2. The summed E-state index contributed by atoms with van der Waals surface area (Å²) in [5.41, 5.74) is 4.04. The number of nitrogens with one attached hydrogen (secondary N) is 1. The molecule has 0 amide bonds. The predicted molar refractivity (Wildman–Crippen MR) is 72.3 cm³/mol. The molecule has 0 aliphatic carbocycles. The van der Waals surface area contributed by atoms with Gasteiger partial charge in [-0.05, 0) is 32.4 Å². The molecule has 0 saturated heterocycles. The highest BCUT2D eigenvalue weighted by Gasteiger charge is 2.05. The van der Waals surface area contributed by atoms with E-state index in [2.05, 4.69) is 41.8 Å². The Bertz CT molecular complexity index is 511. The standard InChI is InChI=1S/C13H19N3S/c1-9-5-12(10(2)16(9)4)6-14-7-13-8-15-11(3)17-13/h5,8,14H,6-7H2,1-4H3. The van der Waals surface area contributed by atoms with Crippen LogP contribution in [-0.2, 0) is 20.1 Å². The number of hydrogen-bond acceptors (Lipinski definition) is 3. The number of hydrogen-bond donors (Lipinski definition) is 1. The van der Waals surface area contributed by atoms with Gasteiger partial charge in [-0.1, -0.05) is 0 Å². The summed E-state index contributed by atoms with van der Waals surface area (Å²) < 4.78 is 2.23. The Morgan fingerprint density at radius 3 is 2.59 bits per heavy atom. The molecular formula is C13H19N3S. The first-order valence-electron chi connectivity index (χ1n) is 5.81. The number of nitrogens with zero attached hydrogens (tertiary/aromatic N) is 2. The Kier molecular flexibility index (Phi) is 3.64. The zero-order valence-electron chi connectivity index (χ0n) is 10.9. The van der Waals surface area contributed by atoms with Crippen LogP contribution in [0.3, 0.4) is 0 Å². The molecule has 2 heterocycles. The Morgan fingerprint density at radius 2 is 2.06 bits per heavy atom. The molecule has 17 heavy (non-hydrogen) atoms. The normalized spacial score (nSPS) is 11.1. The van der Waals surface area contributed by atoms with Crippen LogP contribution >= 0.6 is 11.3 Å². The third-order valence-electron chi connectivity index (χ3n) is 3.16. The lowest BCUT2D eigenvalue weighted by atomic mass is 10.2. The predicted octanol–water partition coefficient (Wildman–Crippen LogP) is 2.70. The molecule has 0 atom stereocenters. The Morgan fingerprint density at radius 1 is 1.29 bits per heavy atom. The molecule has 0 saturated carbocycles. The van der Waals surface area contributed by atoms with Gasteiger partial charge in [0.2, 0.25) is 0 Å². The van der Waals surface area contributed by atoms with E-state index < -0.39 is 0 Å². The zero-order chi connectivity index (χ0) is 12.4. The second kappa shape index (κ2) is 5.02. The second-order valence-corrected chi connectivity index (χ2v) is 5.72. The highest BCUT2D eigenvalue weighted by atomic mass is 32.1. The molecule has 3 nitrogen and oxygen atoms in total. The van der Waals surface area contributed by atoms with Gasteiger partial charge >= 0.3 is 0 Å². The first-order valence-corrected chi connectivity index (χ1v) is 6.63. The van der Waals surface area contributed by atoms with Gasteiger partial charge in [-0.15, -0.1) is 11.3 Å². The summed E-state index contributed by atoms with van der Waals surface area (Å²) in [5.74, 6) is 0. The zero-order valence-corrected chi connectivity index (χ0v) is 11.7. The number of aryl methyl sites for hydroxylation is 2. The Labute approximate surface area is 107 Å². The molecule has 4 heteroatoms. The largest absolute Gasteiger partial charge is 0.352 e. The molecule has 2 rings (SSSR count). The van der Waals surface area contributed by atoms with E-state index >= 15 is 0 Å². The molecule has 92 valence electrons. The third-order valence-corrected chi connectivity index (χ3v) is 4.08. The van der Waals surface area contributed by atoms with Crippen molar-refractivity contribution in [3.05, 3.63) is 39.1 Å². The molecule has 2 aromatic rings. The summed E-state index contributed by atoms with van der Waals surface area (Å²) in [6.07, 6.45) is 1.95. The molecule has 0 aromatic carbocycles. The topological polar surface area (TPSA) is 29.9 Å². The molecule has 0 radical (unpaired) electrons. The summed E-state index contributed by atoms with van der Waals surface area (Å²) >= 11 is 1.76. The SMILES string of the molecule is Cc1ncc(CNCc2cc(C)n(C)c2C)s1. The molecule has 0 aliphatic rings. The van der Waals surface area contributed by atoms with Gasteiger partial charge in [0.15, 0.2) is 0 Å². The van der Waals surface area contributed by atoms with Crippen molar-refractivity contribution in [2.24, 2.45) is 7.05 Å². The average molecular weight is 249 g/mol. The summed E-state index contributed by atoms with van der Waals surface area (Å²) in [4.78, 5) is 5.55. The van der Waals surface area contributed by atoms with Crippen molar-refractivity contribution >= 4 is 11.3 Å². The molecule has 0 aliphatic heterocycles. The van der Waals surface area contributed by atoms with E-state index in [0.717, 1.165) is 18.1 Å². The van der Waals surface area contributed by atoms with Crippen LogP contribution in [0.5, 0.6) is 0 Å². The van der Waals surface area contributed by atoms with E-state index in [4.69, 9.17) is 0 Å². The maximum atomic E-state index is 4.25. The second-order valence-electron chi connectivity index (χ2n) is 4.40. The van der Waals surface area contributed by atoms with Gasteiger partial charge in [0.25, 0.3) is 0 Å². The molecular weight excluding hydrogens is 230 g/mol. The van der Waals surface area contributed by atoms with Gasteiger partial charge in [-0.25, -0.2) is 4.98 Å². The van der Waals surface area contributed by atoms with Crippen molar-refractivity contribution < 1.29 is 0 Å². The fourth-order valence-electron chi connectivity index (χ4n) is 1.92. The van der Waals surface area contributed by atoms with E-state index in [1.54, 1.807) is 11.3 Å². The van der Waals surface area contributed by atoms with Crippen molar-refractivity contribution in [3.63, 3.8) is 0 Å². The smallest absolute Gasteiger partial charge is 0.0897 e. The van der Waals surface area contributed by atoms with Crippen LogP contribution in [0.1, 0.15) is 26.8 Å². The first-order chi connectivity index (χ1) is 8.08.